The number of amides is 4. The maximum Gasteiger partial charge on any atom is 0.325 e. The molecule has 0 radical (unpaired) electrons. The molecular weight excluding hydrogens is 394 g/mol. The highest BCUT2D eigenvalue weighted by molar-refractivity contribution is 6.07. The lowest BCUT2D eigenvalue weighted by molar-refractivity contribution is -0.132. The van der Waals surface area contributed by atoms with Crippen LogP contribution in [-0.4, -0.2) is 44.8 Å². The number of urea groups is 1. The summed E-state index contributed by atoms with van der Waals surface area (Å²) in [6.07, 6.45) is 5.28. The predicted octanol–water partition coefficient (Wildman–Crippen LogP) is 3.41. The van der Waals surface area contributed by atoms with Gasteiger partial charge in [0.1, 0.15) is 11.4 Å². The second kappa shape index (κ2) is 8.69. The molecule has 4 rings (SSSR count). The number of carbonyl (C=O) groups excluding carboxylic acids is 3. The van der Waals surface area contributed by atoms with Gasteiger partial charge < -0.3 is 15.6 Å². The number of fused-ring (bicyclic) bond motifs is 1. The summed E-state index contributed by atoms with van der Waals surface area (Å²) < 4.78 is 0. The first-order chi connectivity index (χ1) is 14.9. The first-order valence-corrected chi connectivity index (χ1v) is 11.3. The van der Waals surface area contributed by atoms with E-state index in [1.54, 1.807) is 0 Å². The number of nitrogens with one attached hydrogen (secondary N) is 3. The van der Waals surface area contributed by atoms with Crippen LogP contribution in [0.25, 0.3) is 11.0 Å². The zero-order valence-corrected chi connectivity index (χ0v) is 18.2. The molecule has 1 saturated heterocycles. The molecule has 2 atom stereocenters. The van der Waals surface area contributed by atoms with Crippen molar-refractivity contribution in [1.29, 1.82) is 0 Å². The molecule has 0 bridgehead atoms. The number of hydrogen-bond donors (Lipinski definition) is 3. The third kappa shape index (κ3) is 4.16. The van der Waals surface area contributed by atoms with Crippen molar-refractivity contribution in [2.24, 2.45) is 5.92 Å². The number of carbonyl (C=O) groups is 3. The van der Waals surface area contributed by atoms with Crippen molar-refractivity contribution < 1.29 is 14.4 Å². The van der Waals surface area contributed by atoms with Gasteiger partial charge in [-0.1, -0.05) is 51.7 Å². The maximum absolute atomic E-state index is 12.9. The van der Waals surface area contributed by atoms with E-state index < -0.39 is 5.54 Å². The summed E-state index contributed by atoms with van der Waals surface area (Å²) in [5, 5.41) is 5.96. The number of H-pyrrole nitrogens is 1. The number of rotatable bonds is 7. The lowest BCUT2D eigenvalue weighted by atomic mass is 9.82. The Hall–Kier alpha value is -2.90. The average molecular weight is 426 g/mol. The molecule has 1 spiro atoms. The number of para-hydroxylation sites is 2. The maximum atomic E-state index is 12.9. The van der Waals surface area contributed by atoms with Gasteiger partial charge in [-0.25, -0.2) is 9.78 Å². The van der Waals surface area contributed by atoms with Crippen LogP contribution >= 0.6 is 0 Å². The summed E-state index contributed by atoms with van der Waals surface area (Å²) in [7, 11) is 0. The number of aromatic nitrogens is 2. The van der Waals surface area contributed by atoms with Crippen molar-refractivity contribution in [2.75, 3.05) is 6.54 Å². The zero-order valence-electron chi connectivity index (χ0n) is 18.2. The molecule has 4 amide bonds. The van der Waals surface area contributed by atoms with Crippen molar-refractivity contribution in [3.8, 4) is 0 Å². The van der Waals surface area contributed by atoms with Crippen LogP contribution in [0.3, 0.4) is 0 Å². The molecule has 3 N–H and O–H groups in total. The molecule has 2 heterocycles. The molecule has 8 heteroatoms. The smallest absolute Gasteiger partial charge is 0.325 e. The van der Waals surface area contributed by atoms with Crippen LogP contribution in [-0.2, 0) is 9.59 Å². The standard InChI is InChI=1S/C23H31N5O3/c1-3-15(2)19(20-24-16-9-5-6-10-17(16)25-20)26-18(29)11-14-28-21(30)23(27-22(28)31)12-7-4-8-13-23/h5-6,9-10,15,19H,3-4,7-8,11-14H2,1-2H3,(H,24,25)(H,26,29)(H,27,31)/t15-,19-/m1/s1. The molecular formula is C23H31N5O3. The first kappa shape index (κ1) is 21.3. The highest BCUT2D eigenvalue weighted by atomic mass is 16.2. The van der Waals surface area contributed by atoms with E-state index in [0.29, 0.717) is 12.8 Å². The van der Waals surface area contributed by atoms with Gasteiger partial charge in [0.15, 0.2) is 0 Å². The van der Waals surface area contributed by atoms with E-state index in [9.17, 15) is 14.4 Å². The molecule has 8 nitrogen and oxygen atoms in total. The molecule has 2 fully saturated rings. The summed E-state index contributed by atoms with van der Waals surface area (Å²) in [6, 6.07) is 7.12. The summed E-state index contributed by atoms with van der Waals surface area (Å²) >= 11 is 0. The van der Waals surface area contributed by atoms with E-state index >= 15 is 0 Å². The highest BCUT2D eigenvalue weighted by Gasteiger charge is 2.51. The first-order valence-electron chi connectivity index (χ1n) is 11.3. The van der Waals surface area contributed by atoms with Crippen molar-refractivity contribution in [3.05, 3.63) is 30.1 Å². The molecule has 1 saturated carbocycles. The van der Waals surface area contributed by atoms with Gasteiger partial charge in [0.05, 0.1) is 17.1 Å². The quantitative estimate of drug-likeness (QED) is 0.591. The Morgan fingerprint density at radius 2 is 1.97 bits per heavy atom. The van der Waals surface area contributed by atoms with Crippen LogP contribution in [0.15, 0.2) is 24.3 Å². The fraction of sp³-hybridized carbons (Fsp3) is 0.565. The van der Waals surface area contributed by atoms with Gasteiger partial charge in [-0.3, -0.25) is 14.5 Å². The number of imidazole rings is 1. The van der Waals surface area contributed by atoms with Crippen molar-refractivity contribution in [3.63, 3.8) is 0 Å². The molecule has 31 heavy (non-hydrogen) atoms. The summed E-state index contributed by atoms with van der Waals surface area (Å²) in [5.41, 5.74) is 1.04. The second-order valence-corrected chi connectivity index (χ2v) is 8.85. The van der Waals surface area contributed by atoms with Crippen LogP contribution in [0.4, 0.5) is 4.79 Å². The van der Waals surface area contributed by atoms with E-state index in [1.165, 1.54) is 4.90 Å². The lowest BCUT2D eigenvalue weighted by Gasteiger charge is -2.30. The summed E-state index contributed by atoms with van der Waals surface area (Å²) in [5.74, 6) is 0.517. The van der Waals surface area contributed by atoms with Gasteiger partial charge in [0.25, 0.3) is 5.91 Å². The third-order valence-corrected chi connectivity index (χ3v) is 6.75. The van der Waals surface area contributed by atoms with Gasteiger partial charge >= 0.3 is 6.03 Å². The molecule has 2 aliphatic rings. The third-order valence-electron chi connectivity index (χ3n) is 6.75. The minimum Gasteiger partial charge on any atom is -0.346 e. The molecule has 2 aromatic rings. The lowest BCUT2D eigenvalue weighted by Crippen LogP contribution is -2.48. The van der Waals surface area contributed by atoms with E-state index in [1.807, 2.05) is 24.3 Å². The van der Waals surface area contributed by atoms with Crippen LogP contribution in [0, 0.1) is 5.92 Å². The highest BCUT2D eigenvalue weighted by Crippen LogP contribution is 2.33. The number of hydrogen-bond acceptors (Lipinski definition) is 4. The molecule has 0 unspecified atom stereocenters. The monoisotopic (exact) mass is 425 g/mol. The van der Waals surface area contributed by atoms with Gasteiger partial charge in [0, 0.05) is 13.0 Å². The Morgan fingerprint density at radius 3 is 2.68 bits per heavy atom. The summed E-state index contributed by atoms with van der Waals surface area (Å²) in [4.78, 5) is 47.3. The van der Waals surface area contributed by atoms with Crippen LogP contribution < -0.4 is 10.6 Å². The average Bonchev–Trinajstić information content (AvgIpc) is 3.30. The van der Waals surface area contributed by atoms with Gasteiger partial charge in [-0.2, -0.15) is 0 Å². The normalized spacial score (nSPS) is 20.1. The Kier molecular flexibility index (Phi) is 5.98. The Labute approximate surface area is 182 Å². The Morgan fingerprint density at radius 1 is 1.23 bits per heavy atom. The van der Waals surface area contributed by atoms with Crippen molar-refractivity contribution in [2.45, 2.75) is 70.4 Å². The van der Waals surface area contributed by atoms with E-state index in [2.05, 4.69) is 34.4 Å². The fourth-order valence-electron chi connectivity index (χ4n) is 4.67. The van der Waals surface area contributed by atoms with Gasteiger partial charge in [-0.15, -0.1) is 0 Å². The van der Waals surface area contributed by atoms with Crippen molar-refractivity contribution >= 4 is 28.9 Å². The Bertz CT molecular complexity index is 946. The topological polar surface area (TPSA) is 107 Å². The molecule has 1 aromatic heterocycles. The minimum atomic E-state index is -0.751. The van der Waals surface area contributed by atoms with E-state index in [-0.39, 0.29) is 42.8 Å². The fourth-order valence-corrected chi connectivity index (χ4v) is 4.67. The predicted molar refractivity (Wildman–Crippen MR) is 117 cm³/mol. The van der Waals surface area contributed by atoms with Gasteiger partial charge in [-0.05, 0) is 30.9 Å². The zero-order chi connectivity index (χ0) is 22.0. The molecule has 1 aliphatic heterocycles. The largest absolute Gasteiger partial charge is 0.346 e. The van der Waals surface area contributed by atoms with Crippen LogP contribution in [0.5, 0.6) is 0 Å². The SMILES string of the molecule is CC[C@@H](C)[C@@H](NC(=O)CCN1C(=O)NC2(CCCCC2)C1=O)c1nc2ccccc2[nH]1. The van der Waals surface area contributed by atoms with E-state index in [4.69, 9.17) is 0 Å². The molecule has 166 valence electrons. The number of aromatic amines is 1. The van der Waals surface area contributed by atoms with Gasteiger partial charge in [0.2, 0.25) is 5.91 Å². The van der Waals surface area contributed by atoms with Crippen LogP contribution in [0.1, 0.15) is 70.7 Å². The number of benzene rings is 1. The molecule has 1 aromatic carbocycles. The second-order valence-electron chi connectivity index (χ2n) is 8.85. The van der Waals surface area contributed by atoms with Crippen molar-refractivity contribution in [1.82, 2.24) is 25.5 Å². The van der Waals surface area contributed by atoms with E-state index in [0.717, 1.165) is 42.5 Å². The number of imide groups is 1. The Balaban J connectivity index is 1.41. The number of nitrogens with zero attached hydrogens (tertiary/aromatic N) is 2. The molecule has 1 aliphatic carbocycles. The summed E-state index contributed by atoms with van der Waals surface area (Å²) in [6.45, 7) is 4.23. The minimum absolute atomic E-state index is 0.0718. The van der Waals surface area contributed by atoms with Crippen LogP contribution in [0.2, 0.25) is 0 Å².